The summed E-state index contributed by atoms with van der Waals surface area (Å²) in [6.07, 6.45) is 8.38. The fourth-order valence-corrected chi connectivity index (χ4v) is 5.01. The lowest BCUT2D eigenvalue weighted by molar-refractivity contribution is -0.909. The van der Waals surface area contributed by atoms with Gasteiger partial charge in [0.2, 0.25) is 0 Å². The zero-order valence-electron chi connectivity index (χ0n) is 27.9. The van der Waals surface area contributed by atoms with E-state index in [1.807, 2.05) is 0 Å². The van der Waals surface area contributed by atoms with Crippen LogP contribution in [0.1, 0.15) is 125 Å². The maximum Gasteiger partial charge on any atom is 0.490 e. The van der Waals surface area contributed by atoms with Crippen molar-refractivity contribution >= 4 is 24.9 Å². The number of hydrogen-bond acceptors (Lipinski definition) is 4. The molecular formula is C31H62N6+2. The zero-order chi connectivity index (χ0) is 29.5. The van der Waals surface area contributed by atoms with Gasteiger partial charge in [0.15, 0.2) is 23.5 Å². The molecule has 0 unspecified atom stereocenters. The molecule has 37 heavy (non-hydrogen) atoms. The van der Waals surface area contributed by atoms with E-state index in [1.54, 1.807) is 12.4 Å². The maximum absolute atomic E-state index is 4.29. The molecule has 0 fully saturated rings. The summed E-state index contributed by atoms with van der Waals surface area (Å²) in [7, 11) is 0. The summed E-state index contributed by atoms with van der Waals surface area (Å²) in [6.45, 7) is 42.4. The van der Waals surface area contributed by atoms with Crippen molar-refractivity contribution < 1.29 is 9.15 Å². The molecule has 2 rings (SSSR count). The minimum atomic E-state index is -0.285. The van der Waals surface area contributed by atoms with Gasteiger partial charge in [-0.2, -0.15) is 9.80 Å². The van der Waals surface area contributed by atoms with Crippen molar-refractivity contribution in [2.75, 3.05) is 13.1 Å². The van der Waals surface area contributed by atoms with E-state index in [1.165, 1.54) is 0 Å². The first kappa shape index (κ1) is 33.6. The molecule has 2 heterocycles. The highest BCUT2D eigenvalue weighted by Crippen LogP contribution is 2.43. The molecule has 0 N–H and O–H groups in total. The van der Waals surface area contributed by atoms with Gasteiger partial charge in [0.25, 0.3) is 0 Å². The van der Waals surface area contributed by atoms with E-state index in [2.05, 4.69) is 166 Å². The van der Waals surface area contributed by atoms with Crippen LogP contribution in [-0.4, -0.2) is 96.0 Å². The van der Waals surface area contributed by atoms with E-state index in [-0.39, 0.29) is 39.1 Å². The maximum atomic E-state index is 4.29. The molecule has 0 radical (unpaired) electrons. The summed E-state index contributed by atoms with van der Waals surface area (Å²) in [4.78, 5) is 13.9. The zero-order valence-corrected chi connectivity index (χ0v) is 27.9. The number of hydrogen-bond donors (Lipinski definition) is 0. The molecule has 6 heteroatoms. The van der Waals surface area contributed by atoms with E-state index in [9.17, 15) is 0 Å². The van der Waals surface area contributed by atoms with Gasteiger partial charge in [-0.25, -0.2) is 0 Å². The quantitative estimate of drug-likeness (QED) is 0.301. The summed E-state index contributed by atoms with van der Waals surface area (Å²) in [5.74, 6) is -0.285. The second kappa shape index (κ2) is 10.6. The molecule has 1 spiro atoms. The Kier molecular flexibility index (Phi) is 9.67. The van der Waals surface area contributed by atoms with Crippen LogP contribution in [0.25, 0.3) is 0 Å². The first-order valence-corrected chi connectivity index (χ1v) is 14.1. The lowest BCUT2D eigenvalue weighted by Gasteiger charge is -2.48. The molecule has 0 saturated carbocycles. The van der Waals surface area contributed by atoms with Crippen molar-refractivity contribution in [2.24, 2.45) is 9.98 Å². The van der Waals surface area contributed by atoms with Crippen molar-refractivity contribution in [1.29, 1.82) is 0 Å². The van der Waals surface area contributed by atoms with Crippen LogP contribution in [0, 0.1) is 0 Å². The highest BCUT2D eigenvalue weighted by Gasteiger charge is 2.75. The standard InChI is InChI=1S/C21H42N4.C10H20N2/c1-17(2,3)22-13-14-23(18(4,5)6)21(22)24(19(7,8)9)15-16-25(21)20(10,11)12;1-9(2,3)11-7-8-12-10(4,5)6/h13,15H,14,16H2,1-12H3;7-8H,1-6H3/q+2;. The molecule has 2 aliphatic heterocycles. The Morgan fingerprint density at radius 1 is 0.541 bits per heavy atom. The molecule has 0 aromatic rings. The van der Waals surface area contributed by atoms with Crippen molar-refractivity contribution in [1.82, 2.24) is 9.80 Å². The Morgan fingerprint density at radius 3 is 1.00 bits per heavy atom. The molecule has 2 aliphatic rings. The van der Waals surface area contributed by atoms with Crippen LogP contribution in [0.4, 0.5) is 0 Å². The fraction of sp³-hybridized carbons (Fsp3) is 0.871. The van der Waals surface area contributed by atoms with Crippen molar-refractivity contribution in [2.45, 2.75) is 164 Å². The van der Waals surface area contributed by atoms with Crippen molar-refractivity contribution in [3.63, 3.8) is 0 Å². The molecular weight excluding hydrogens is 456 g/mol. The Hall–Kier alpha value is -1.40. The predicted octanol–water partition coefficient (Wildman–Crippen LogP) is 6.31. The molecule has 0 aromatic carbocycles. The molecule has 0 bridgehead atoms. The average molecular weight is 519 g/mol. The fourth-order valence-electron chi connectivity index (χ4n) is 5.01. The number of aliphatic imine (C=N–C) groups is 2. The van der Waals surface area contributed by atoms with Crippen molar-refractivity contribution in [3.05, 3.63) is 0 Å². The van der Waals surface area contributed by atoms with Gasteiger partial charge < -0.3 is 0 Å². The smallest absolute Gasteiger partial charge is 0.286 e. The van der Waals surface area contributed by atoms with Gasteiger partial charge in [-0.1, -0.05) is 0 Å². The van der Waals surface area contributed by atoms with Crippen LogP contribution in [-0.2, 0) is 0 Å². The number of nitrogens with zero attached hydrogens (tertiary/aromatic N) is 6. The molecule has 0 aromatic heterocycles. The van der Waals surface area contributed by atoms with Crippen molar-refractivity contribution in [3.8, 4) is 0 Å². The Morgan fingerprint density at radius 2 is 0.811 bits per heavy atom. The lowest BCUT2D eigenvalue weighted by Crippen LogP contribution is -2.77. The highest BCUT2D eigenvalue weighted by atomic mass is 15.7. The van der Waals surface area contributed by atoms with E-state index in [0.29, 0.717) is 0 Å². The summed E-state index contributed by atoms with van der Waals surface area (Å²) in [5.41, 5.74) is 0.188. The van der Waals surface area contributed by atoms with Gasteiger partial charge in [0, 0.05) is 65.0 Å². The van der Waals surface area contributed by atoms with Crippen LogP contribution < -0.4 is 0 Å². The van der Waals surface area contributed by atoms with Gasteiger partial charge in [0.1, 0.15) is 0 Å². The lowest BCUT2D eigenvalue weighted by atomic mass is 9.98. The van der Waals surface area contributed by atoms with E-state index in [0.717, 1.165) is 13.1 Å². The van der Waals surface area contributed by atoms with Gasteiger partial charge in [-0.15, -0.1) is 9.15 Å². The van der Waals surface area contributed by atoms with E-state index < -0.39 is 0 Å². The second-order valence-electron chi connectivity index (χ2n) is 16.5. The van der Waals surface area contributed by atoms with Crippen LogP contribution in [0.15, 0.2) is 9.98 Å². The van der Waals surface area contributed by atoms with Gasteiger partial charge in [0.05, 0.1) is 24.2 Å². The van der Waals surface area contributed by atoms with Crippen LogP contribution >= 0.6 is 0 Å². The Bertz CT molecular complexity index is 818. The molecule has 0 saturated heterocycles. The Labute approximate surface area is 230 Å². The van der Waals surface area contributed by atoms with Crippen LogP contribution in [0.3, 0.4) is 0 Å². The van der Waals surface area contributed by atoms with Gasteiger partial charge >= 0.3 is 5.91 Å². The van der Waals surface area contributed by atoms with Gasteiger partial charge in [-0.05, 0) is 83.1 Å². The van der Waals surface area contributed by atoms with Crippen LogP contribution in [0.2, 0.25) is 0 Å². The predicted molar refractivity (Wildman–Crippen MR) is 164 cm³/mol. The number of rotatable bonds is 1. The molecule has 6 nitrogen and oxygen atoms in total. The van der Waals surface area contributed by atoms with E-state index >= 15 is 0 Å². The average Bonchev–Trinajstić information content (AvgIpc) is 3.19. The molecule has 0 aliphatic carbocycles. The SMILES string of the molecule is CC(C)(C)N1CC=[N+](C(C)(C)C)C12N(C(C)(C)C)CC=[N+]2C(C)(C)C.CC(C)(C)N=CC=NC(C)(C)C. The first-order valence-electron chi connectivity index (χ1n) is 14.1. The largest absolute Gasteiger partial charge is 0.490 e. The molecule has 0 amide bonds. The third-order valence-corrected chi connectivity index (χ3v) is 6.32. The molecule has 0 atom stereocenters. The highest BCUT2D eigenvalue weighted by molar-refractivity contribution is 6.16. The topological polar surface area (TPSA) is 37.2 Å². The van der Waals surface area contributed by atoms with Crippen LogP contribution in [0.5, 0.6) is 0 Å². The summed E-state index contributed by atoms with van der Waals surface area (Å²) in [6, 6.07) is 0. The first-order chi connectivity index (χ1) is 16.1. The van der Waals surface area contributed by atoms with E-state index in [4.69, 9.17) is 0 Å². The summed E-state index contributed by atoms with van der Waals surface area (Å²) < 4.78 is 5.20. The minimum absolute atomic E-state index is 0.00387. The second-order valence-corrected chi connectivity index (χ2v) is 16.5. The van der Waals surface area contributed by atoms with Gasteiger partial charge in [-0.3, -0.25) is 9.98 Å². The minimum Gasteiger partial charge on any atom is -0.286 e. The summed E-state index contributed by atoms with van der Waals surface area (Å²) >= 11 is 0. The monoisotopic (exact) mass is 519 g/mol. The summed E-state index contributed by atoms with van der Waals surface area (Å²) in [5, 5.41) is 0. The normalized spacial score (nSPS) is 20.6. The Balaban J connectivity index is 0.000000482. The third kappa shape index (κ3) is 8.54. The third-order valence-electron chi connectivity index (χ3n) is 6.32. The molecule has 214 valence electrons.